The van der Waals surface area contributed by atoms with E-state index in [0.29, 0.717) is 12.3 Å². The highest BCUT2D eigenvalue weighted by Crippen LogP contribution is 2.41. The van der Waals surface area contributed by atoms with Crippen LogP contribution in [0.4, 0.5) is 0 Å². The molecule has 0 spiro atoms. The smallest absolute Gasteiger partial charge is 0.230 e. The molecule has 2 aromatic heterocycles. The van der Waals surface area contributed by atoms with Gasteiger partial charge < -0.3 is 4.52 Å². The molecule has 4 nitrogen and oxygen atoms in total. The van der Waals surface area contributed by atoms with Crippen molar-refractivity contribution in [2.75, 3.05) is 0 Å². The first kappa shape index (κ1) is 19.3. The number of allylic oxidation sites excluding steroid dienone is 2. The minimum absolute atomic E-state index is 0.0150. The lowest BCUT2D eigenvalue weighted by molar-refractivity contribution is 0.384. The fraction of sp³-hybridized carbons (Fsp3) is 0.320. The molecule has 0 saturated carbocycles. The Labute approximate surface area is 172 Å². The van der Waals surface area contributed by atoms with Crippen molar-refractivity contribution in [3.8, 4) is 0 Å². The third-order valence-corrected chi connectivity index (χ3v) is 5.78. The molecule has 1 aliphatic carbocycles. The monoisotopic (exact) mass is 385 g/mol. The van der Waals surface area contributed by atoms with Gasteiger partial charge in [-0.3, -0.25) is 4.98 Å². The largest absolute Gasteiger partial charge is 0.339 e. The van der Waals surface area contributed by atoms with Crippen LogP contribution in [0.1, 0.15) is 67.2 Å². The summed E-state index contributed by atoms with van der Waals surface area (Å²) in [5, 5.41) is 3.66. The average molecular weight is 386 g/mol. The van der Waals surface area contributed by atoms with Gasteiger partial charge in [0, 0.05) is 16.4 Å². The Morgan fingerprint density at radius 3 is 2.38 bits per heavy atom. The van der Waals surface area contributed by atoms with Crippen LogP contribution in [0.3, 0.4) is 0 Å². The standard InChI is InChI=1S/C25H27N3O/c1-16-13-20-23(25(5,6)12-11-24(20,3)4)28-22(16)17(2)19-9-7-18(8-10-19)14-21-26-15-27-29-21/h7-13,15H,2,14H2,1,3-6H3. The first-order valence-electron chi connectivity index (χ1n) is 9.94. The molecule has 0 unspecified atom stereocenters. The van der Waals surface area contributed by atoms with Crippen LogP contribution in [-0.4, -0.2) is 15.1 Å². The van der Waals surface area contributed by atoms with Gasteiger partial charge in [0.25, 0.3) is 0 Å². The molecule has 29 heavy (non-hydrogen) atoms. The summed E-state index contributed by atoms with van der Waals surface area (Å²) < 4.78 is 5.10. The Morgan fingerprint density at radius 2 is 1.72 bits per heavy atom. The third kappa shape index (κ3) is 3.55. The van der Waals surface area contributed by atoms with Crippen molar-refractivity contribution < 1.29 is 4.52 Å². The van der Waals surface area contributed by atoms with Gasteiger partial charge >= 0.3 is 0 Å². The van der Waals surface area contributed by atoms with Gasteiger partial charge in [-0.25, -0.2) is 0 Å². The van der Waals surface area contributed by atoms with Crippen molar-refractivity contribution in [3.05, 3.63) is 94.9 Å². The Morgan fingerprint density at radius 1 is 1.03 bits per heavy atom. The lowest BCUT2D eigenvalue weighted by atomic mass is 9.70. The molecule has 0 bridgehead atoms. The molecular weight excluding hydrogens is 358 g/mol. The number of pyridine rings is 1. The van der Waals surface area contributed by atoms with Crippen molar-refractivity contribution in [2.45, 2.75) is 51.9 Å². The number of hydrogen-bond acceptors (Lipinski definition) is 4. The Balaban J connectivity index is 1.68. The highest BCUT2D eigenvalue weighted by atomic mass is 16.5. The van der Waals surface area contributed by atoms with E-state index in [4.69, 9.17) is 9.51 Å². The van der Waals surface area contributed by atoms with Crippen LogP contribution in [0.25, 0.3) is 5.57 Å². The molecular formula is C25H27N3O. The summed E-state index contributed by atoms with van der Waals surface area (Å²) in [6, 6.07) is 10.6. The maximum atomic E-state index is 5.14. The van der Waals surface area contributed by atoms with Gasteiger partial charge in [-0.1, -0.05) is 81.9 Å². The zero-order chi connectivity index (χ0) is 20.8. The van der Waals surface area contributed by atoms with E-state index in [9.17, 15) is 0 Å². The molecule has 0 fully saturated rings. The first-order chi connectivity index (χ1) is 13.7. The van der Waals surface area contributed by atoms with E-state index in [0.717, 1.165) is 33.7 Å². The van der Waals surface area contributed by atoms with Crippen LogP contribution in [-0.2, 0) is 17.3 Å². The number of hydrogen-bond donors (Lipinski definition) is 0. The van der Waals surface area contributed by atoms with Crippen molar-refractivity contribution in [3.63, 3.8) is 0 Å². The highest BCUT2D eigenvalue weighted by Gasteiger charge is 2.35. The van der Waals surface area contributed by atoms with Crippen LogP contribution in [0, 0.1) is 6.92 Å². The maximum Gasteiger partial charge on any atom is 0.230 e. The van der Waals surface area contributed by atoms with Crippen LogP contribution in [0.5, 0.6) is 0 Å². The molecule has 4 rings (SSSR count). The van der Waals surface area contributed by atoms with E-state index < -0.39 is 0 Å². The first-order valence-corrected chi connectivity index (χ1v) is 9.94. The normalized spacial score (nSPS) is 16.4. The maximum absolute atomic E-state index is 5.14. The molecule has 4 heteroatoms. The van der Waals surface area contributed by atoms with E-state index in [1.165, 1.54) is 11.9 Å². The van der Waals surface area contributed by atoms with Crippen molar-refractivity contribution >= 4 is 5.57 Å². The molecule has 0 amide bonds. The second-order valence-electron chi connectivity index (χ2n) is 9.01. The van der Waals surface area contributed by atoms with Crippen LogP contribution in [0.2, 0.25) is 0 Å². The number of aromatic nitrogens is 3. The Hall–Kier alpha value is -3.01. The second-order valence-corrected chi connectivity index (χ2v) is 9.01. The van der Waals surface area contributed by atoms with Gasteiger partial charge in [-0.05, 0) is 29.2 Å². The number of benzene rings is 1. The minimum Gasteiger partial charge on any atom is -0.339 e. The second kappa shape index (κ2) is 6.80. The third-order valence-electron chi connectivity index (χ3n) is 5.78. The average Bonchev–Trinajstić information content (AvgIpc) is 3.18. The predicted molar refractivity (Wildman–Crippen MR) is 116 cm³/mol. The lowest BCUT2D eigenvalue weighted by Gasteiger charge is -2.36. The zero-order valence-corrected chi connectivity index (χ0v) is 17.8. The predicted octanol–water partition coefficient (Wildman–Crippen LogP) is 5.55. The molecule has 1 aromatic carbocycles. The molecule has 2 heterocycles. The van der Waals surface area contributed by atoms with E-state index in [2.05, 4.69) is 93.8 Å². The lowest BCUT2D eigenvalue weighted by Crippen LogP contribution is -2.31. The molecule has 0 aliphatic heterocycles. The molecule has 0 radical (unpaired) electrons. The van der Waals surface area contributed by atoms with Gasteiger partial charge in [-0.2, -0.15) is 4.98 Å². The minimum atomic E-state index is -0.0957. The van der Waals surface area contributed by atoms with E-state index >= 15 is 0 Å². The van der Waals surface area contributed by atoms with E-state index in [1.807, 2.05) is 0 Å². The zero-order valence-electron chi connectivity index (χ0n) is 17.8. The van der Waals surface area contributed by atoms with Gasteiger partial charge in [0.05, 0.1) is 17.8 Å². The SMILES string of the molecule is C=C(c1ccc(Cc2ncno2)cc1)c1nc2c(cc1C)C(C)(C)C=CC2(C)C. The Kier molecular flexibility index (Phi) is 4.53. The van der Waals surface area contributed by atoms with E-state index in [-0.39, 0.29) is 10.8 Å². The molecule has 0 atom stereocenters. The number of nitrogens with zero attached hydrogens (tertiary/aromatic N) is 3. The topological polar surface area (TPSA) is 51.8 Å². The molecule has 3 aromatic rings. The summed E-state index contributed by atoms with van der Waals surface area (Å²) in [7, 11) is 0. The van der Waals surface area contributed by atoms with Gasteiger partial charge in [-0.15, -0.1) is 0 Å². The summed E-state index contributed by atoms with van der Waals surface area (Å²) in [5.41, 5.74) is 7.58. The highest BCUT2D eigenvalue weighted by molar-refractivity contribution is 5.78. The summed E-state index contributed by atoms with van der Waals surface area (Å²) in [6.07, 6.45) is 6.62. The number of fused-ring (bicyclic) bond motifs is 1. The van der Waals surface area contributed by atoms with Crippen molar-refractivity contribution in [1.29, 1.82) is 0 Å². The quantitative estimate of drug-likeness (QED) is 0.553. The number of rotatable bonds is 4. The van der Waals surface area contributed by atoms with Gasteiger partial charge in [0.15, 0.2) is 6.33 Å². The van der Waals surface area contributed by atoms with Gasteiger partial charge in [0.1, 0.15) is 0 Å². The molecule has 0 N–H and O–H groups in total. The summed E-state index contributed by atoms with van der Waals surface area (Å²) in [4.78, 5) is 9.22. The van der Waals surface area contributed by atoms with Crippen molar-refractivity contribution in [1.82, 2.24) is 15.1 Å². The van der Waals surface area contributed by atoms with Crippen LogP contribution in [0.15, 0.2) is 59.9 Å². The summed E-state index contributed by atoms with van der Waals surface area (Å²) in [5.74, 6) is 0.613. The Bertz CT molecular complexity index is 1090. The summed E-state index contributed by atoms with van der Waals surface area (Å²) in [6.45, 7) is 15.4. The van der Waals surface area contributed by atoms with E-state index in [1.54, 1.807) is 0 Å². The van der Waals surface area contributed by atoms with Crippen molar-refractivity contribution in [2.24, 2.45) is 0 Å². The number of aryl methyl sites for hydroxylation is 1. The van der Waals surface area contributed by atoms with Crippen LogP contribution >= 0.6 is 0 Å². The summed E-state index contributed by atoms with van der Waals surface area (Å²) >= 11 is 0. The molecule has 1 aliphatic rings. The fourth-order valence-electron chi connectivity index (χ4n) is 3.90. The van der Waals surface area contributed by atoms with Gasteiger partial charge in [0.2, 0.25) is 5.89 Å². The van der Waals surface area contributed by atoms with Crippen LogP contribution < -0.4 is 0 Å². The molecule has 0 saturated heterocycles. The molecule has 148 valence electrons. The fourth-order valence-corrected chi connectivity index (χ4v) is 3.90.